The van der Waals surface area contributed by atoms with Crippen molar-refractivity contribution in [2.75, 3.05) is 46.4 Å². The third-order valence-electron chi connectivity index (χ3n) is 15.8. The van der Waals surface area contributed by atoms with Crippen LogP contribution in [0.15, 0.2) is 59.7 Å². The van der Waals surface area contributed by atoms with Gasteiger partial charge >= 0.3 is 11.8 Å². The average molecular weight is 969 g/mol. The molecule has 4 N–H and O–H groups in total. The Kier molecular flexibility index (Phi) is 13.9. The van der Waals surface area contributed by atoms with Gasteiger partial charge in [0.05, 0.1) is 53.1 Å². The molecule has 2 saturated heterocycles. The normalized spacial score (nSPS) is 36.5. The lowest BCUT2D eigenvalue weighted by Crippen LogP contribution is -2.51. The molecule has 1 aromatic rings. The van der Waals surface area contributed by atoms with Crippen molar-refractivity contribution in [1.82, 2.24) is 20.0 Å². The summed E-state index contributed by atoms with van der Waals surface area (Å²) in [6.45, 7) is 14.0. The summed E-state index contributed by atoms with van der Waals surface area (Å²) in [6, 6.07) is 0. The predicted octanol–water partition coefficient (Wildman–Crippen LogP) is 3.38. The Labute approximate surface area is 407 Å². The van der Waals surface area contributed by atoms with Gasteiger partial charge in [0.25, 0.3) is 11.7 Å². The molecular formula is C52H64N4O14. The lowest BCUT2D eigenvalue weighted by atomic mass is 9.78. The van der Waals surface area contributed by atoms with E-state index in [1.54, 1.807) is 44.7 Å². The number of aliphatic hydroxyl groups excluding tert-OH is 2. The maximum Gasteiger partial charge on any atom is 0.312 e. The molecule has 1 saturated carbocycles. The molecule has 13 atom stereocenters. The fraction of sp³-hybridized carbons (Fsp3) is 0.558. The zero-order chi connectivity index (χ0) is 50.8. The van der Waals surface area contributed by atoms with Crippen molar-refractivity contribution in [1.29, 1.82) is 0 Å². The number of hydrogen-bond acceptors (Lipinski definition) is 16. The van der Waals surface area contributed by atoms with Gasteiger partial charge in [0.15, 0.2) is 0 Å². The standard InChI is InChI=1S/C52H64N4O14/c1-24-11-10-12-25(2)49(64)53-39-40(55-19-16-54(17-20-55)18-21-56-50(65)34-31-13-14-32(23-31)35(34)51(56)66)45(62)36-37(44(39)61)43(60)29(6)47-38(36)48(63)52(8,70-47)68-22-15-33(67-9)26(3)46(69-30(7)57)28(5)42(59)27(4)41(24)58/h10-15,22,24,26-28,31-35,41-42,46,58-60H,16-21,23H2,1-9H3,(H,53,64)/b11-10+,22-15+,25-12-/t24-,26+,27+,28-,31-,32-,33-,34-,35-,41-,42-,46+,52-/m0/s1. The number of likely N-dealkylation sites (tertiary alicyclic amines) is 1. The summed E-state index contributed by atoms with van der Waals surface area (Å²) >= 11 is 0. The van der Waals surface area contributed by atoms with Gasteiger partial charge in [-0.15, -0.1) is 0 Å². The van der Waals surface area contributed by atoms with Crippen LogP contribution in [0.1, 0.15) is 91.5 Å². The molecule has 0 unspecified atom stereocenters. The minimum atomic E-state index is -2.13. The number of amides is 3. The smallest absolute Gasteiger partial charge is 0.312 e. The van der Waals surface area contributed by atoms with Crippen LogP contribution in [0, 0.1) is 54.3 Å². The van der Waals surface area contributed by atoms with Crippen LogP contribution in [-0.2, 0) is 33.4 Å². The minimum Gasteiger partial charge on any atom is -0.507 e. The number of phenols is 1. The van der Waals surface area contributed by atoms with Gasteiger partial charge in [0, 0.05) is 95.0 Å². The Morgan fingerprint density at radius 1 is 0.829 bits per heavy atom. The zero-order valence-corrected chi connectivity index (χ0v) is 41.1. The number of aromatic hydroxyl groups is 1. The van der Waals surface area contributed by atoms with Crippen molar-refractivity contribution in [2.45, 2.75) is 92.0 Å². The molecule has 5 heterocycles. The number of carbonyl (C=O) groups is 7. The Morgan fingerprint density at radius 2 is 1.47 bits per heavy atom. The van der Waals surface area contributed by atoms with Crippen LogP contribution in [0.2, 0.25) is 0 Å². The Balaban J connectivity index is 1.13. The summed E-state index contributed by atoms with van der Waals surface area (Å²) in [5, 5.41) is 37.4. The number of piperazine rings is 1. The highest BCUT2D eigenvalue weighted by molar-refractivity contribution is 6.32. The molecule has 8 aliphatic rings. The summed E-state index contributed by atoms with van der Waals surface area (Å²) < 4.78 is 23.7. The summed E-state index contributed by atoms with van der Waals surface area (Å²) in [5.41, 5.74) is -1.70. The molecule has 3 aliphatic carbocycles. The van der Waals surface area contributed by atoms with E-state index in [1.807, 2.05) is 17.1 Å². The van der Waals surface area contributed by atoms with Crippen molar-refractivity contribution in [3.63, 3.8) is 0 Å². The lowest BCUT2D eigenvalue weighted by Gasteiger charge is -2.39. The molecule has 18 nitrogen and oxygen atoms in total. The number of fused-ring (bicyclic) bond motifs is 19. The molecule has 3 fully saturated rings. The highest BCUT2D eigenvalue weighted by Gasteiger charge is 2.59. The second-order valence-electron chi connectivity index (χ2n) is 20.2. The monoisotopic (exact) mass is 968 g/mol. The number of benzene rings is 1. The third-order valence-corrected chi connectivity index (χ3v) is 15.8. The van der Waals surface area contributed by atoms with Gasteiger partial charge < -0.3 is 44.5 Å². The number of carbonyl (C=O) groups excluding carboxylic acids is 7. The van der Waals surface area contributed by atoms with E-state index in [-0.39, 0.29) is 83.3 Å². The highest BCUT2D eigenvalue weighted by Crippen LogP contribution is 2.53. The van der Waals surface area contributed by atoms with Crippen LogP contribution in [0.3, 0.4) is 0 Å². The van der Waals surface area contributed by atoms with E-state index in [0.29, 0.717) is 19.6 Å². The lowest BCUT2D eigenvalue weighted by molar-refractivity contribution is -0.160. The first-order chi connectivity index (χ1) is 33.1. The maximum absolute atomic E-state index is 15.2. The molecule has 376 valence electrons. The van der Waals surface area contributed by atoms with Gasteiger partial charge in [-0.1, -0.05) is 58.1 Å². The number of nitrogens with one attached hydrogen (secondary N) is 1. The zero-order valence-electron chi connectivity index (χ0n) is 41.1. The number of ether oxygens (including phenoxy) is 4. The van der Waals surface area contributed by atoms with Crippen LogP contribution in [0.4, 0.5) is 0 Å². The van der Waals surface area contributed by atoms with Gasteiger partial charge in [0.2, 0.25) is 23.4 Å². The van der Waals surface area contributed by atoms with Crippen LogP contribution >= 0.6 is 0 Å². The molecule has 9 rings (SSSR count). The second-order valence-corrected chi connectivity index (χ2v) is 20.2. The van der Waals surface area contributed by atoms with E-state index in [4.69, 9.17) is 18.9 Å². The van der Waals surface area contributed by atoms with Crippen LogP contribution in [0.25, 0.3) is 0 Å². The van der Waals surface area contributed by atoms with Crippen molar-refractivity contribution >= 4 is 41.0 Å². The third kappa shape index (κ3) is 8.59. The summed E-state index contributed by atoms with van der Waals surface area (Å²) in [6.07, 6.45) is 8.22. The Hall–Kier alpha value is -5.95. The molecule has 18 heteroatoms. The number of methoxy groups -OCH3 is 1. The van der Waals surface area contributed by atoms with Gasteiger partial charge in [0.1, 0.15) is 29.0 Å². The molecular weight excluding hydrogens is 905 g/mol. The van der Waals surface area contributed by atoms with Gasteiger partial charge in [-0.05, 0) is 38.2 Å². The Bertz CT molecular complexity index is 2520. The number of aliphatic hydroxyl groups is 2. The van der Waals surface area contributed by atoms with Crippen LogP contribution < -0.4 is 10.1 Å². The van der Waals surface area contributed by atoms with Crippen molar-refractivity contribution in [2.24, 2.45) is 47.3 Å². The quantitative estimate of drug-likeness (QED) is 0.182. The number of rotatable bonds is 6. The summed E-state index contributed by atoms with van der Waals surface area (Å²) in [7, 11) is 1.42. The van der Waals surface area contributed by atoms with E-state index in [2.05, 4.69) is 5.32 Å². The number of esters is 1. The van der Waals surface area contributed by atoms with E-state index in [9.17, 15) is 44.1 Å². The van der Waals surface area contributed by atoms with Crippen LogP contribution in [0.5, 0.6) is 11.5 Å². The van der Waals surface area contributed by atoms with Crippen LogP contribution in [-0.4, -0.2) is 148 Å². The number of phenolic OH excluding ortho intramolecular Hbond substituents is 1. The van der Waals surface area contributed by atoms with E-state index < -0.39 is 106 Å². The molecule has 3 amide bonds. The largest absolute Gasteiger partial charge is 0.507 e. The van der Waals surface area contributed by atoms with Gasteiger partial charge in [-0.25, -0.2) is 0 Å². The molecule has 0 aromatic heterocycles. The van der Waals surface area contributed by atoms with E-state index in [1.165, 1.54) is 58.1 Å². The average Bonchev–Trinajstić information content (AvgIpc) is 4.08. The highest BCUT2D eigenvalue weighted by atomic mass is 16.7. The molecule has 7 bridgehead atoms. The van der Waals surface area contributed by atoms with Crippen molar-refractivity contribution in [3.05, 3.63) is 81.9 Å². The van der Waals surface area contributed by atoms with E-state index >= 15 is 4.79 Å². The number of ketones is 3. The number of nitrogens with zero attached hydrogens (tertiary/aromatic N) is 3. The maximum atomic E-state index is 15.2. The first-order valence-corrected chi connectivity index (χ1v) is 24.2. The van der Waals surface area contributed by atoms with Gasteiger partial charge in [-0.2, -0.15) is 0 Å². The minimum absolute atomic E-state index is 0.0257. The molecule has 1 aromatic carbocycles. The summed E-state index contributed by atoms with van der Waals surface area (Å²) in [5.74, 6) is -10.2. The molecule has 5 aliphatic heterocycles. The number of Topliss-reactive ketones (excluding diaryl/α,β-unsaturated/α-hetero) is 3. The number of imide groups is 1. The topological polar surface area (TPSA) is 239 Å². The van der Waals surface area contributed by atoms with Crippen molar-refractivity contribution in [3.8, 4) is 11.5 Å². The second kappa shape index (κ2) is 19.3. The van der Waals surface area contributed by atoms with E-state index in [0.717, 1.165) is 6.42 Å². The molecule has 70 heavy (non-hydrogen) atoms. The molecule has 0 spiro atoms. The predicted molar refractivity (Wildman–Crippen MR) is 251 cm³/mol. The number of hydrogen-bond donors (Lipinski definition) is 4. The first kappa shape index (κ1) is 50.4. The van der Waals surface area contributed by atoms with Gasteiger partial charge in [-0.3, -0.25) is 43.4 Å². The number of allylic oxidation sites excluding steroid dienone is 6. The van der Waals surface area contributed by atoms with Crippen molar-refractivity contribution < 1.29 is 67.8 Å². The Morgan fingerprint density at radius 3 is 2.09 bits per heavy atom. The SMILES string of the molecule is CO[C@H]1/C=C/O[C@@]2(C)Oc3c(C)c(O)c4c(c3C2=O)C(=O)C(N2CCN(CCN3C(=O)[C@@H]5[C@@H](C3=O)[C@H]3C=C[C@H]5C3)CC2)=C(NC(=O)/C(C)=C\C=C\[C@H](C)[C@H](O)[C@@H](C)[C@H](O)[C@H](C)[C@H](OC(C)=O)[C@@H]1C)C4=O. The molecule has 0 radical (unpaired) electrons. The fourth-order valence-electron chi connectivity index (χ4n) is 11.6. The first-order valence-electron chi connectivity index (χ1n) is 24.2. The fourth-order valence-corrected chi connectivity index (χ4v) is 11.6. The summed E-state index contributed by atoms with van der Waals surface area (Å²) in [4.78, 5) is 103.